The van der Waals surface area contributed by atoms with Gasteiger partial charge in [-0.3, -0.25) is 14.5 Å². The molecule has 1 aromatic carbocycles. The van der Waals surface area contributed by atoms with E-state index in [0.717, 1.165) is 17.0 Å². The molecule has 0 aromatic heterocycles. The van der Waals surface area contributed by atoms with Crippen molar-refractivity contribution in [2.45, 2.75) is 13.0 Å². The molecule has 1 heterocycles. The van der Waals surface area contributed by atoms with E-state index in [2.05, 4.69) is 5.32 Å². The number of rotatable bonds is 4. The summed E-state index contributed by atoms with van der Waals surface area (Å²) in [4.78, 5) is 37.1. The fourth-order valence-corrected chi connectivity index (χ4v) is 2.19. The van der Waals surface area contributed by atoms with E-state index in [1.165, 1.54) is 24.9 Å². The van der Waals surface area contributed by atoms with E-state index in [0.29, 0.717) is 0 Å². The number of benzene rings is 1. The number of amides is 4. The highest BCUT2D eigenvalue weighted by Gasteiger charge is 2.34. The van der Waals surface area contributed by atoms with Gasteiger partial charge in [0.15, 0.2) is 0 Å². The molecule has 0 spiro atoms. The summed E-state index contributed by atoms with van der Waals surface area (Å²) in [5, 5.41) is 2.47. The van der Waals surface area contributed by atoms with Gasteiger partial charge in [-0.15, -0.1) is 0 Å². The first kappa shape index (κ1) is 15.9. The minimum atomic E-state index is -0.777. The Balaban J connectivity index is 2.00. The molecular weight excluding hydrogens is 296 g/mol. The maximum Gasteiger partial charge on any atom is 0.327 e. The first-order valence-electron chi connectivity index (χ1n) is 6.59. The number of imide groups is 1. The predicted molar refractivity (Wildman–Crippen MR) is 72.7 cm³/mol. The van der Waals surface area contributed by atoms with Crippen molar-refractivity contribution >= 4 is 17.8 Å². The van der Waals surface area contributed by atoms with Crippen LogP contribution < -0.4 is 5.32 Å². The fraction of sp³-hybridized carbons (Fsp3) is 0.357. The van der Waals surface area contributed by atoms with Gasteiger partial charge in [-0.05, 0) is 13.0 Å². The molecule has 1 unspecified atom stereocenters. The standard InChI is InChI=1S/C14H15F2N3O3/c1-8(10-4-3-9(15)5-11(10)16)17-12(20)6-19-13(21)7-18(2)14(19)22/h3-5,8H,6-7H2,1-2H3,(H,17,20). The SMILES string of the molecule is CC(NC(=O)CN1C(=O)CN(C)C1=O)c1ccc(F)cc1F. The van der Waals surface area contributed by atoms with Gasteiger partial charge >= 0.3 is 6.03 Å². The van der Waals surface area contributed by atoms with E-state index in [-0.39, 0.29) is 12.1 Å². The Morgan fingerprint density at radius 2 is 2.05 bits per heavy atom. The lowest BCUT2D eigenvalue weighted by Crippen LogP contribution is -2.41. The molecule has 4 amide bonds. The number of nitrogens with zero attached hydrogens (tertiary/aromatic N) is 2. The van der Waals surface area contributed by atoms with Gasteiger partial charge in [-0.1, -0.05) is 6.07 Å². The zero-order valence-electron chi connectivity index (χ0n) is 12.1. The average Bonchev–Trinajstić information content (AvgIpc) is 2.65. The lowest BCUT2D eigenvalue weighted by molar-refractivity contribution is -0.131. The number of hydrogen-bond donors (Lipinski definition) is 1. The van der Waals surface area contributed by atoms with Crippen LogP contribution in [0.1, 0.15) is 18.5 Å². The molecule has 1 atom stereocenters. The maximum atomic E-state index is 13.6. The summed E-state index contributed by atoms with van der Waals surface area (Å²) in [5.41, 5.74) is 0.117. The van der Waals surface area contributed by atoms with Crippen molar-refractivity contribution in [2.75, 3.05) is 20.1 Å². The highest BCUT2D eigenvalue weighted by atomic mass is 19.1. The minimum absolute atomic E-state index is 0.0751. The van der Waals surface area contributed by atoms with E-state index < -0.39 is 42.1 Å². The van der Waals surface area contributed by atoms with Crippen molar-refractivity contribution in [1.82, 2.24) is 15.1 Å². The molecule has 1 fully saturated rings. The third-order valence-corrected chi connectivity index (χ3v) is 3.34. The number of likely N-dealkylation sites (N-methyl/N-ethyl adjacent to an activating group) is 1. The largest absolute Gasteiger partial charge is 0.348 e. The van der Waals surface area contributed by atoms with Gasteiger partial charge in [0.1, 0.15) is 24.7 Å². The van der Waals surface area contributed by atoms with Crippen molar-refractivity contribution in [3.8, 4) is 0 Å². The van der Waals surface area contributed by atoms with Crippen LogP contribution in [0, 0.1) is 11.6 Å². The summed E-state index contributed by atoms with van der Waals surface area (Å²) in [6.07, 6.45) is 0. The zero-order valence-corrected chi connectivity index (χ0v) is 12.1. The Labute approximate surface area is 125 Å². The Morgan fingerprint density at radius 1 is 1.36 bits per heavy atom. The summed E-state index contributed by atoms with van der Waals surface area (Å²) in [6.45, 7) is 1.01. The molecule has 2 rings (SSSR count). The second-order valence-electron chi connectivity index (χ2n) is 5.07. The molecule has 0 saturated carbocycles. The van der Waals surface area contributed by atoms with E-state index >= 15 is 0 Å². The van der Waals surface area contributed by atoms with Crippen LogP contribution in [0.15, 0.2) is 18.2 Å². The van der Waals surface area contributed by atoms with Crippen molar-refractivity contribution in [3.63, 3.8) is 0 Å². The first-order valence-corrected chi connectivity index (χ1v) is 6.59. The molecule has 1 aromatic rings. The summed E-state index contributed by atoms with van der Waals surface area (Å²) in [5.74, 6) is -2.56. The monoisotopic (exact) mass is 311 g/mol. The molecule has 22 heavy (non-hydrogen) atoms. The highest BCUT2D eigenvalue weighted by molar-refractivity contribution is 6.04. The van der Waals surface area contributed by atoms with Crippen LogP contribution in [0.4, 0.5) is 13.6 Å². The third kappa shape index (κ3) is 3.21. The highest BCUT2D eigenvalue weighted by Crippen LogP contribution is 2.17. The molecule has 118 valence electrons. The Morgan fingerprint density at radius 3 is 2.59 bits per heavy atom. The molecule has 8 heteroatoms. The van der Waals surface area contributed by atoms with Crippen molar-refractivity contribution in [3.05, 3.63) is 35.4 Å². The van der Waals surface area contributed by atoms with Crippen LogP contribution in [0.2, 0.25) is 0 Å². The Kier molecular flexibility index (Phi) is 4.39. The second-order valence-corrected chi connectivity index (χ2v) is 5.07. The predicted octanol–water partition coefficient (Wildman–Crippen LogP) is 1.04. The molecular formula is C14H15F2N3O3. The van der Waals surface area contributed by atoms with Crippen LogP contribution in [0.25, 0.3) is 0 Å². The number of halogens is 2. The summed E-state index contributed by atoms with van der Waals surface area (Å²) < 4.78 is 26.5. The van der Waals surface area contributed by atoms with Crippen LogP contribution in [-0.4, -0.2) is 47.8 Å². The molecule has 6 nitrogen and oxygen atoms in total. The molecule has 0 bridgehead atoms. The van der Waals surface area contributed by atoms with Crippen molar-refractivity contribution in [1.29, 1.82) is 0 Å². The van der Waals surface area contributed by atoms with Crippen molar-refractivity contribution < 1.29 is 23.2 Å². The quantitative estimate of drug-likeness (QED) is 0.845. The molecule has 0 radical (unpaired) electrons. The topological polar surface area (TPSA) is 69.7 Å². The van der Waals surface area contributed by atoms with Gasteiger partial charge in [-0.2, -0.15) is 0 Å². The van der Waals surface area contributed by atoms with E-state index in [1.54, 1.807) is 0 Å². The van der Waals surface area contributed by atoms with Crippen LogP contribution in [0.3, 0.4) is 0 Å². The van der Waals surface area contributed by atoms with Gasteiger partial charge < -0.3 is 10.2 Å². The lowest BCUT2D eigenvalue weighted by atomic mass is 10.1. The van der Waals surface area contributed by atoms with Gasteiger partial charge in [0.2, 0.25) is 5.91 Å². The Hall–Kier alpha value is -2.51. The maximum absolute atomic E-state index is 13.6. The number of nitrogens with one attached hydrogen (secondary N) is 1. The summed E-state index contributed by atoms with van der Waals surface area (Å²) in [6, 6.07) is 1.76. The molecule has 1 aliphatic rings. The number of hydrogen-bond acceptors (Lipinski definition) is 3. The Bertz CT molecular complexity index is 636. The smallest absolute Gasteiger partial charge is 0.327 e. The van der Waals surface area contributed by atoms with Gasteiger partial charge in [0.05, 0.1) is 6.04 Å². The minimum Gasteiger partial charge on any atom is -0.348 e. The molecule has 1 aliphatic heterocycles. The average molecular weight is 311 g/mol. The van der Waals surface area contributed by atoms with Crippen LogP contribution >= 0.6 is 0 Å². The summed E-state index contributed by atoms with van der Waals surface area (Å²) >= 11 is 0. The third-order valence-electron chi connectivity index (χ3n) is 3.34. The molecule has 1 N–H and O–H groups in total. The second kappa shape index (κ2) is 6.08. The molecule has 1 saturated heterocycles. The van der Waals surface area contributed by atoms with Crippen molar-refractivity contribution in [2.24, 2.45) is 0 Å². The van der Waals surface area contributed by atoms with Gasteiger partial charge in [0, 0.05) is 18.7 Å². The van der Waals surface area contributed by atoms with Gasteiger partial charge in [0.25, 0.3) is 5.91 Å². The van der Waals surface area contributed by atoms with E-state index in [1.807, 2.05) is 0 Å². The first-order chi connectivity index (χ1) is 10.3. The normalized spacial score (nSPS) is 16.2. The molecule has 0 aliphatic carbocycles. The zero-order chi connectivity index (χ0) is 16.4. The van der Waals surface area contributed by atoms with Crippen LogP contribution in [-0.2, 0) is 9.59 Å². The number of carbonyl (C=O) groups excluding carboxylic acids is 3. The number of carbonyl (C=O) groups is 3. The lowest BCUT2D eigenvalue weighted by Gasteiger charge is -2.18. The van der Waals surface area contributed by atoms with E-state index in [4.69, 9.17) is 0 Å². The van der Waals surface area contributed by atoms with Crippen LogP contribution in [0.5, 0.6) is 0 Å². The fourth-order valence-electron chi connectivity index (χ4n) is 2.19. The van der Waals surface area contributed by atoms with Gasteiger partial charge in [-0.25, -0.2) is 13.6 Å². The summed E-state index contributed by atoms with van der Waals surface area (Å²) in [7, 11) is 1.45. The van der Waals surface area contributed by atoms with E-state index in [9.17, 15) is 23.2 Å². The number of urea groups is 1.